The van der Waals surface area contributed by atoms with Gasteiger partial charge in [0.25, 0.3) is 0 Å². The van der Waals surface area contributed by atoms with Crippen molar-refractivity contribution >= 4 is 45.9 Å². The highest BCUT2D eigenvalue weighted by atomic mass is 32.2. The highest BCUT2D eigenvalue weighted by molar-refractivity contribution is 7.99. The molecule has 3 aromatic carbocycles. The number of anilines is 2. The Morgan fingerprint density at radius 3 is 2.44 bits per heavy atom. The summed E-state index contributed by atoms with van der Waals surface area (Å²) in [7, 11) is 0. The molecular formula is C27H26N6O2S. The fraction of sp³-hybridized carbons (Fsp3) is 0.222. The van der Waals surface area contributed by atoms with E-state index in [0.717, 1.165) is 41.3 Å². The molecule has 6 rings (SSSR count). The molecule has 8 nitrogen and oxygen atoms in total. The van der Waals surface area contributed by atoms with Crippen molar-refractivity contribution in [2.45, 2.75) is 11.7 Å². The van der Waals surface area contributed by atoms with Gasteiger partial charge in [-0.15, -0.1) is 10.2 Å². The number of nitrogens with one attached hydrogen (secondary N) is 1. The molecule has 5 aromatic rings. The van der Waals surface area contributed by atoms with Crippen LogP contribution in [0.2, 0.25) is 0 Å². The molecule has 36 heavy (non-hydrogen) atoms. The first-order chi connectivity index (χ1) is 17.8. The zero-order valence-electron chi connectivity index (χ0n) is 19.7. The fourth-order valence-corrected chi connectivity index (χ4v) is 5.37. The van der Waals surface area contributed by atoms with E-state index in [1.807, 2.05) is 59.0 Å². The number of benzene rings is 3. The summed E-state index contributed by atoms with van der Waals surface area (Å²) in [4.78, 5) is 15.2. The Kier molecular flexibility index (Phi) is 6.31. The Morgan fingerprint density at radius 2 is 1.61 bits per heavy atom. The smallest absolute Gasteiger partial charge is 0.237 e. The Balaban J connectivity index is 1.23. The number of carbonyl (C=O) groups is 1. The Hall–Kier alpha value is -3.82. The second-order valence-electron chi connectivity index (χ2n) is 8.63. The van der Waals surface area contributed by atoms with Crippen LogP contribution in [0.15, 0.2) is 84.0 Å². The number of ether oxygens (including phenoxy) is 1. The number of carbonyl (C=O) groups excluding carboxylic acids is 1. The molecule has 3 heterocycles. The zero-order chi connectivity index (χ0) is 24.3. The van der Waals surface area contributed by atoms with E-state index in [4.69, 9.17) is 4.74 Å². The summed E-state index contributed by atoms with van der Waals surface area (Å²) in [6.07, 6.45) is 0. The average molecular weight is 499 g/mol. The number of thioether (sulfide) groups is 1. The van der Waals surface area contributed by atoms with Gasteiger partial charge in [0.2, 0.25) is 11.7 Å². The molecule has 1 aliphatic heterocycles. The molecular weight excluding hydrogens is 472 g/mol. The first-order valence-corrected chi connectivity index (χ1v) is 13.0. The van der Waals surface area contributed by atoms with Crippen molar-refractivity contribution in [3.8, 4) is 0 Å². The van der Waals surface area contributed by atoms with Crippen LogP contribution in [-0.2, 0) is 16.1 Å². The molecule has 2 aromatic heterocycles. The minimum Gasteiger partial charge on any atom is -0.378 e. The standard InChI is InChI=1S/C27H26N6O2S/c34-25(28-21-10-4-5-11-22(21)31-14-16-35-17-15-31)19-36-27-30-29-26-32(18-20-8-2-1-3-9-20)23-12-6-7-13-24(23)33(26)27/h1-13H,14-19H2,(H,28,34). The number of fused-ring (bicyclic) bond motifs is 3. The van der Waals surface area contributed by atoms with E-state index < -0.39 is 0 Å². The summed E-state index contributed by atoms with van der Waals surface area (Å²) < 4.78 is 9.68. The van der Waals surface area contributed by atoms with Crippen LogP contribution < -0.4 is 10.2 Å². The van der Waals surface area contributed by atoms with Gasteiger partial charge in [-0.2, -0.15) is 0 Å². The summed E-state index contributed by atoms with van der Waals surface area (Å²) in [5.74, 6) is 0.919. The number of imidazole rings is 1. The number of hydrogen-bond acceptors (Lipinski definition) is 6. The third-order valence-corrected chi connectivity index (χ3v) is 7.25. The van der Waals surface area contributed by atoms with Crippen LogP contribution in [0, 0.1) is 0 Å². The third-order valence-electron chi connectivity index (χ3n) is 6.32. The molecule has 1 fully saturated rings. The van der Waals surface area contributed by atoms with Crippen molar-refractivity contribution in [1.82, 2.24) is 19.2 Å². The van der Waals surface area contributed by atoms with Gasteiger partial charge in [0, 0.05) is 13.1 Å². The molecule has 0 spiro atoms. The molecule has 9 heteroatoms. The first kappa shape index (κ1) is 22.6. The van der Waals surface area contributed by atoms with E-state index in [0.29, 0.717) is 24.9 Å². The summed E-state index contributed by atoms with van der Waals surface area (Å²) in [5, 5.41) is 12.7. The minimum atomic E-state index is -0.0783. The normalized spacial score (nSPS) is 13.9. The van der Waals surface area contributed by atoms with Gasteiger partial charge in [0.15, 0.2) is 5.16 Å². The van der Waals surface area contributed by atoms with Gasteiger partial charge < -0.3 is 19.5 Å². The molecule has 0 radical (unpaired) electrons. The number of para-hydroxylation sites is 4. The van der Waals surface area contributed by atoms with Crippen LogP contribution in [0.4, 0.5) is 11.4 Å². The monoisotopic (exact) mass is 498 g/mol. The molecule has 0 bridgehead atoms. The van der Waals surface area contributed by atoms with Crippen molar-refractivity contribution in [2.24, 2.45) is 0 Å². The molecule has 1 amide bonds. The molecule has 0 unspecified atom stereocenters. The number of nitrogens with zero attached hydrogens (tertiary/aromatic N) is 5. The predicted octanol–water partition coefficient (Wildman–Crippen LogP) is 4.30. The fourth-order valence-electron chi connectivity index (χ4n) is 4.63. The van der Waals surface area contributed by atoms with Crippen LogP contribution in [0.25, 0.3) is 16.8 Å². The summed E-state index contributed by atoms with van der Waals surface area (Å²) in [6, 6.07) is 26.4. The van der Waals surface area contributed by atoms with E-state index in [-0.39, 0.29) is 11.7 Å². The quantitative estimate of drug-likeness (QED) is 0.337. The molecule has 0 atom stereocenters. The summed E-state index contributed by atoms with van der Waals surface area (Å²) >= 11 is 1.39. The van der Waals surface area contributed by atoms with Crippen LogP contribution in [0.3, 0.4) is 0 Å². The zero-order valence-corrected chi connectivity index (χ0v) is 20.5. The van der Waals surface area contributed by atoms with E-state index in [1.165, 1.54) is 17.3 Å². The predicted molar refractivity (Wildman–Crippen MR) is 143 cm³/mol. The summed E-state index contributed by atoms with van der Waals surface area (Å²) in [5.41, 5.74) is 5.13. The van der Waals surface area contributed by atoms with E-state index >= 15 is 0 Å². The lowest BCUT2D eigenvalue weighted by Gasteiger charge is -2.30. The van der Waals surface area contributed by atoms with Gasteiger partial charge in [0.05, 0.1) is 47.9 Å². The van der Waals surface area contributed by atoms with Crippen LogP contribution >= 0.6 is 11.8 Å². The SMILES string of the molecule is O=C(CSc1nnc2n(Cc3ccccc3)c3ccccc3n12)Nc1ccccc1N1CCOCC1. The van der Waals surface area contributed by atoms with Gasteiger partial charge in [0.1, 0.15) is 0 Å². The van der Waals surface area contributed by atoms with Gasteiger partial charge in [-0.25, -0.2) is 0 Å². The number of hydrogen-bond donors (Lipinski definition) is 1. The van der Waals surface area contributed by atoms with Gasteiger partial charge in [-0.05, 0) is 29.8 Å². The second kappa shape index (κ2) is 10.0. The molecule has 1 aliphatic rings. The maximum atomic E-state index is 13.0. The lowest BCUT2D eigenvalue weighted by atomic mass is 10.2. The molecule has 182 valence electrons. The highest BCUT2D eigenvalue weighted by Crippen LogP contribution is 2.29. The number of rotatable bonds is 7. The van der Waals surface area contributed by atoms with Gasteiger partial charge in [-0.3, -0.25) is 9.20 Å². The number of morpholine rings is 1. The first-order valence-electron chi connectivity index (χ1n) is 12.0. The Labute approximate surface area is 212 Å². The third kappa shape index (κ3) is 4.43. The second-order valence-corrected chi connectivity index (χ2v) is 9.57. The lowest BCUT2D eigenvalue weighted by Crippen LogP contribution is -2.36. The van der Waals surface area contributed by atoms with Crippen molar-refractivity contribution < 1.29 is 9.53 Å². The minimum absolute atomic E-state index is 0.0783. The largest absolute Gasteiger partial charge is 0.378 e. The molecule has 1 saturated heterocycles. The van der Waals surface area contributed by atoms with Crippen LogP contribution in [-0.4, -0.2) is 57.1 Å². The van der Waals surface area contributed by atoms with E-state index in [9.17, 15) is 4.79 Å². The molecule has 1 N–H and O–H groups in total. The Morgan fingerprint density at radius 1 is 0.889 bits per heavy atom. The van der Waals surface area contributed by atoms with Crippen molar-refractivity contribution in [1.29, 1.82) is 0 Å². The maximum absolute atomic E-state index is 13.0. The molecule has 0 saturated carbocycles. The Bertz CT molecular complexity index is 1510. The van der Waals surface area contributed by atoms with Gasteiger partial charge >= 0.3 is 0 Å². The average Bonchev–Trinajstić information content (AvgIpc) is 3.48. The van der Waals surface area contributed by atoms with E-state index in [1.54, 1.807) is 0 Å². The van der Waals surface area contributed by atoms with Crippen LogP contribution in [0.1, 0.15) is 5.56 Å². The summed E-state index contributed by atoms with van der Waals surface area (Å²) in [6.45, 7) is 3.70. The number of aromatic nitrogens is 4. The van der Waals surface area contributed by atoms with Crippen molar-refractivity contribution in [3.63, 3.8) is 0 Å². The highest BCUT2D eigenvalue weighted by Gasteiger charge is 2.19. The maximum Gasteiger partial charge on any atom is 0.237 e. The van der Waals surface area contributed by atoms with Crippen molar-refractivity contribution in [3.05, 3.63) is 84.4 Å². The van der Waals surface area contributed by atoms with E-state index in [2.05, 4.69) is 49.2 Å². The van der Waals surface area contributed by atoms with Crippen LogP contribution in [0.5, 0.6) is 0 Å². The topological polar surface area (TPSA) is 76.7 Å². The number of amides is 1. The van der Waals surface area contributed by atoms with Crippen molar-refractivity contribution in [2.75, 3.05) is 42.3 Å². The molecule has 0 aliphatic carbocycles. The van der Waals surface area contributed by atoms with Gasteiger partial charge in [-0.1, -0.05) is 66.4 Å². The lowest BCUT2D eigenvalue weighted by molar-refractivity contribution is -0.113.